The first-order valence-corrected chi connectivity index (χ1v) is 13.4. The van der Waals surface area contributed by atoms with Crippen LogP contribution in [0.5, 0.6) is 0 Å². The van der Waals surface area contributed by atoms with E-state index in [4.69, 9.17) is 9.72 Å². The number of aromatic nitrogens is 2. The first-order valence-electron chi connectivity index (χ1n) is 13.4. The van der Waals surface area contributed by atoms with Crippen molar-refractivity contribution in [1.29, 1.82) is 0 Å². The van der Waals surface area contributed by atoms with E-state index in [0.717, 1.165) is 35.2 Å². The largest absolute Gasteiger partial charge is 0.367 e. The molecule has 0 N–H and O–H groups in total. The number of unbranched alkanes of at least 4 members (excludes halogenated alkanes) is 1. The summed E-state index contributed by atoms with van der Waals surface area (Å²) in [7, 11) is 0. The van der Waals surface area contributed by atoms with E-state index in [2.05, 4.69) is 13.8 Å². The van der Waals surface area contributed by atoms with Crippen LogP contribution in [0.4, 0.5) is 0 Å². The number of hydrogen-bond acceptors (Lipinski definition) is 4. The molecule has 0 radical (unpaired) electrons. The molecule has 0 bridgehead atoms. The average molecular weight is 512 g/mol. The number of carbonyl (C=O) groups is 1. The monoisotopic (exact) mass is 511 g/mol. The summed E-state index contributed by atoms with van der Waals surface area (Å²) in [5, 5.41) is 0.557. The van der Waals surface area contributed by atoms with Gasteiger partial charge in [-0.25, -0.2) is 4.98 Å². The van der Waals surface area contributed by atoms with E-state index >= 15 is 0 Å². The molecule has 4 aromatic rings. The summed E-state index contributed by atoms with van der Waals surface area (Å²) < 4.78 is 7.53. The number of carbonyl (C=O) groups excluding carboxylic acids is 1. The van der Waals surface area contributed by atoms with Crippen molar-refractivity contribution in [2.45, 2.75) is 59.6 Å². The van der Waals surface area contributed by atoms with E-state index in [1.807, 2.05) is 91.5 Å². The molecule has 1 atom stereocenters. The van der Waals surface area contributed by atoms with Gasteiger partial charge in [0.05, 0.1) is 29.2 Å². The Morgan fingerprint density at radius 2 is 1.71 bits per heavy atom. The fourth-order valence-corrected chi connectivity index (χ4v) is 4.73. The maximum absolute atomic E-state index is 13.9. The van der Waals surface area contributed by atoms with Gasteiger partial charge in [0.25, 0.3) is 5.56 Å². The van der Waals surface area contributed by atoms with E-state index in [1.165, 1.54) is 0 Å². The molecule has 0 aliphatic carbocycles. The Morgan fingerprint density at radius 3 is 2.42 bits per heavy atom. The zero-order chi connectivity index (χ0) is 27.1. The van der Waals surface area contributed by atoms with Gasteiger partial charge in [-0.05, 0) is 67.6 Å². The van der Waals surface area contributed by atoms with Gasteiger partial charge in [-0.3, -0.25) is 14.2 Å². The lowest BCUT2D eigenvalue weighted by Crippen LogP contribution is -2.40. The molecule has 0 fully saturated rings. The van der Waals surface area contributed by atoms with Crippen molar-refractivity contribution in [2.75, 3.05) is 13.2 Å². The lowest BCUT2D eigenvalue weighted by Gasteiger charge is -2.32. The number of hydrogen-bond donors (Lipinski definition) is 0. The van der Waals surface area contributed by atoms with Gasteiger partial charge in [-0.2, -0.15) is 0 Å². The Labute approximate surface area is 224 Å². The minimum Gasteiger partial charge on any atom is -0.367 e. The molecule has 4 rings (SSSR count). The summed E-state index contributed by atoms with van der Waals surface area (Å²) >= 11 is 0. The van der Waals surface area contributed by atoms with Crippen LogP contribution in [0, 0.1) is 13.8 Å². The second-order valence-electron chi connectivity index (χ2n) is 9.74. The van der Waals surface area contributed by atoms with Gasteiger partial charge in [0.1, 0.15) is 12.4 Å². The lowest BCUT2D eigenvalue weighted by atomic mass is 10.1. The van der Waals surface area contributed by atoms with Gasteiger partial charge in [0.15, 0.2) is 0 Å². The van der Waals surface area contributed by atoms with Crippen molar-refractivity contribution in [3.63, 3.8) is 0 Å². The van der Waals surface area contributed by atoms with Gasteiger partial charge < -0.3 is 9.64 Å². The molecule has 0 spiro atoms. The molecular formula is C32H37N3O3. The van der Waals surface area contributed by atoms with E-state index in [9.17, 15) is 9.59 Å². The standard InChI is InChI=1S/C32H37N3O3/c1-5-7-19-34(30(36)22-38-21-25-13-9-8-10-14-25)29(6-2)31-33-28-16-12-11-15-27(28)32(37)35(31)26-18-17-23(3)24(4)20-26/h8-18,20,29H,5-7,19,21-22H2,1-4H3. The quantitative estimate of drug-likeness (QED) is 0.237. The number of fused-ring (bicyclic) bond motifs is 1. The fourth-order valence-electron chi connectivity index (χ4n) is 4.73. The summed E-state index contributed by atoms with van der Waals surface area (Å²) in [5.74, 6) is 0.474. The molecule has 6 heteroatoms. The van der Waals surface area contributed by atoms with E-state index in [0.29, 0.717) is 36.3 Å². The Bertz CT molecular complexity index is 1450. The van der Waals surface area contributed by atoms with E-state index < -0.39 is 0 Å². The number of nitrogens with zero attached hydrogens (tertiary/aromatic N) is 3. The number of aryl methyl sites for hydroxylation is 2. The maximum Gasteiger partial charge on any atom is 0.266 e. The molecule has 0 saturated heterocycles. The highest BCUT2D eigenvalue weighted by atomic mass is 16.5. The third kappa shape index (κ3) is 6.03. The minimum absolute atomic E-state index is 0.0312. The molecule has 6 nitrogen and oxygen atoms in total. The molecular weight excluding hydrogens is 474 g/mol. The van der Waals surface area contributed by atoms with Crippen molar-refractivity contribution in [3.05, 3.63) is 106 Å². The van der Waals surface area contributed by atoms with Crippen LogP contribution in [-0.2, 0) is 16.1 Å². The van der Waals surface area contributed by atoms with Gasteiger partial charge in [0, 0.05) is 6.54 Å². The zero-order valence-corrected chi connectivity index (χ0v) is 22.8. The first kappa shape index (κ1) is 27.3. The molecule has 0 aliphatic rings. The third-order valence-corrected chi connectivity index (χ3v) is 7.02. The summed E-state index contributed by atoms with van der Waals surface area (Å²) in [6.45, 7) is 9.14. The second kappa shape index (κ2) is 12.7. The number of benzene rings is 3. The van der Waals surface area contributed by atoms with Crippen LogP contribution in [0.15, 0.2) is 77.6 Å². The Morgan fingerprint density at radius 1 is 0.974 bits per heavy atom. The van der Waals surface area contributed by atoms with Crippen molar-refractivity contribution in [2.24, 2.45) is 0 Å². The van der Waals surface area contributed by atoms with Crippen LogP contribution in [0.25, 0.3) is 16.6 Å². The highest BCUT2D eigenvalue weighted by Gasteiger charge is 2.29. The Balaban J connectivity index is 1.76. The predicted octanol–water partition coefficient (Wildman–Crippen LogP) is 6.30. The second-order valence-corrected chi connectivity index (χ2v) is 9.74. The van der Waals surface area contributed by atoms with Crippen LogP contribution >= 0.6 is 0 Å². The molecule has 38 heavy (non-hydrogen) atoms. The van der Waals surface area contributed by atoms with Crippen LogP contribution in [0.1, 0.15) is 61.7 Å². The summed E-state index contributed by atoms with van der Waals surface area (Å²) in [4.78, 5) is 34.3. The molecule has 1 aromatic heterocycles. The average Bonchev–Trinajstić information content (AvgIpc) is 2.93. The van der Waals surface area contributed by atoms with Crippen LogP contribution in [-0.4, -0.2) is 33.5 Å². The van der Waals surface area contributed by atoms with E-state index in [1.54, 1.807) is 4.57 Å². The topological polar surface area (TPSA) is 64.4 Å². The summed E-state index contributed by atoms with van der Waals surface area (Å²) in [6.07, 6.45) is 2.41. The zero-order valence-electron chi connectivity index (χ0n) is 22.8. The lowest BCUT2D eigenvalue weighted by molar-refractivity contribution is -0.139. The molecule has 1 amide bonds. The van der Waals surface area contributed by atoms with E-state index in [-0.39, 0.29) is 24.1 Å². The van der Waals surface area contributed by atoms with Crippen molar-refractivity contribution < 1.29 is 9.53 Å². The number of ether oxygens (including phenoxy) is 1. The predicted molar refractivity (Wildman–Crippen MR) is 153 cm³/mol. The summed E-state index contributed by atoms with van der Waals surface area (Å²) in [6, 6.07) is 22.9. The van der Waals surface area contributed by atoms with Crippen molar-refractivity contribution in [1.82, 2.24) is 14.5 Å². The maximum atomic E-state index is 13.9. The van der Waals surface area contributed by atoms with Gasteiger partial charge >= 0.3 is 0 Å². The first-order chi connectivity index (χ1) is 18.4. The highest BCUT2D eigenvalue weighted by molar-refractivity contribution is 5.79. The summed E-state index contributed by atoms with van der Waals surface area (Å²) in [5.41, 5.74) is 4.53. The number of para-hydroxylation sites is 1. The fraction of sp³-hybridized carbons (Fsp3) is 0.344. The van der Waals surface area contributed by atoms with Gasteiger partial charge in [0.2, 0.25) is 5.91 Å². The molecule has 0 aliphatic heterocycles. The van der Waals surface area contributed by atoms with Gasteiger partial charge in [-0.1, -0.05) is 68.8 Å². The minimum atomic E-state index is -0.381. The molecule has 1 unspecified atom stereocenters. The highest BCUT2D eigenvalue weighted by Crippen LogP contribution is 2.27. The SMILES string of the molecule is CCCCN(C(=O)COCc1ccccc1)C(CC)c1nc2ccccc2c(=O)n1-c1ccc(C)c(C)c1. The van der Waals surface area contributed by atoms with Crippen molar-refractivity contribution in [3.8, 4) is 5.69 Å². The van der Waals surface area contributed by atoms with Crippen LogP contribution in [0.3, 0.4) is 0 Å². The third-order valence-electron chi connectivity index (χ3n) is 7.02. The number of amides is 1. The molecule has 3 aromatic carbocycles. The van der Waals surface area contributed by atoms with Crippen LogP contribution in [0.2, 0.25) is 0 Å². The Kier molecular flexibility index (Phi) is 9.08. The van der Waals surface area contributed by atoms with Crippen LogP contribution < -0.4 is 5.56 Å². The number of rotatable bonds is 11. The van der Waals surface area contributed by atoms with Crippen molar-refractivity contribution >= 4 is 16.8 Å². The normalized spacial score (nSPS) is 12.0. The smallest absolute Gasteiger partial charge is 0.266 e. The molecule has 1 heterocycles. The van der Waals surface area contributed by atoms with Gasteiger partial charge in [-0.15, -0.1) is 0 Å². The Hall–Kier alpha value is -3.77. The molecule has 0 saturated carbocycles. The molecule has 198 valence electrons.